The van der Waals surface area contributed by atoms with E-state index in [2.05, 4.69) is 6.92 Å². The molecule has 0 bridgehead atoms. The molecule has 0 fully saturated rings. The Kier molecular flexibility index (Phi) is 2.49. The van der Waals surface area contributed by atoms with Crippen LogP contribution in [0.15, 0.2) is 16.8 Å². The molecule has 0 aliphatic heterocycles. The quantitative estimate of drug-likeness (QED) is 0.584. The molecule has 0 aliphatic rings. The Hall–Kier alpha value is -0.790. The summed E-state index contributed by atoms with van der Waals surface area (Å²) in [7, 11) is 0. The fourth-order valence-electron chi connectivity index (χ4n) is 0.868. The molecule has 0 aromatic carbocycles. The van der Waals surface area contributed by atoms with E-state index in [1.165, 1.54) is 12.8 Å². The van der Waals surface area contributed by atoms with Gasteiger partial charge in [-0.1, -0.05) is 6.92 Å². The summed E-state index contributed by atoms with van der Waals surface area (Å²) in [6, 6.07) is 1.98. The highest BCUT2D eigenvalue weighted by Gasteiger charge is 2.02. The lowest BCUT2D eigenvalue weighted by atomic mass is 10.3. The number of hydrogen-bond donors (Lipinski definition) is 0. The van der Waals surface area contributed by atoms with Crippen molar-refractivity contribution in [3.63, 3.8) is 0 Å². The molecule has 2 nitrogen and oxygen atoms in total. The average Bonchev–Trinajstić information content (AvgIpc) is 2.31. The maximum atomic E-state index is 5.30. The minimum absolute atomic E-state index is 0.983. The smallest absolute Gasteiger partial charge is 0.219 e. The molecule has 2 heteroatoms. The molecule has 1 aromatic heterocycles. The summed E-state index contributed by atoms with van der Waals surface area (Å²) in [6.07, 6.45) is 4.38. The van der Waals surface area contributed by atoms with Crippen molar-refractivity contribution < 1.29 is 9.26 Å². The molecule has 0 saturated carbocycles. The van der Waals surface area contributed by atoms with Crippen LogP contribution in [0, 0.1) is 6.92 Å². The molecule has 1 heterocycles. The van der Waals surface area contributed by atoms with Gasteiger partial charge in [-0.05, 0) is 11.2 Å². The molecule has 10 heavy (non-hydrogen) atoms. The molecule has 1 rings (SSSR count). The highest BCUT2D eigenvalue weighted by molar-refractivity contribution is 4.84. The van der Waals surface area contributed by atoms with Gasteiger partial charge in [0.15, 0.2) is 12.3 Å². The first-order valence-corrected chi connectivity index (χ1v) is 3.79. The highest BCUT2D eigenvalue weighted by atomic mass is 16.5. The lowest BCUT2D eigenvalue weighted by Crippen LogP contribution is -2.29. The summed E-state index contributed by atoms with van der Waals surface area (Å²) >= 11 is 0. The van der Waals surface area contributed by atoms with Crippen LogP contribution in [0.4, 0.5) is 0 Å². The fourth-order valence-corrected chi connectivity index (χ4v) is 0.868. The first kappa shape index (κ1) is 7.32. The van der Waals surface area contributed by atoms with Crippen molar-refractivity contribution in [3.8, 4) is 0 Å². The van der Waals surface area contributed by atoms with E-state index in [1.54, 1.807) is 0 Å². The van der Waals surface area contributed by atoms with E-state index in [0.29, 0.717) is 0 Å². The van der Waals surface area contributed by atoms with Gasteiger partial charge in [0.2, 0.25) is 6.20 Å². The minimum atomic E-state index is 0.983. The predicted molar refractivity (Wildman–Crippen MR) is 38.5 cm³/mol. The standard InChI is InChI=1S/C8H14NO/c1-3-4-6-9-7-5-8(2)10-9/h5,7H,3-4,6H2,1-2H3/q+1. The molecule has 0 amide bonds. The van der Waals surface area contributed by atoms with Crippen molar-refractivity contribution >= 4 is 0 Å². The second kappa shape index (κ2) is 3.40. The van der Waals surface area contributed by atoms with Gasteiger partial charge in [-0.15, -0.1) is 0 Å². The summed E-state index contributed by atoms with van der Waals surface area (Å²) < 4.78 is 7.18. The van der Waals surface area contributed by atoms with Crippen LogP contribution in [0.3, 0.4) is 0 Å². The van der Waals surface area contributed by atoms with Crippen molar-refractivity contribution in [3.05, 3.63) is 18.0 Å². The summed E-state index contributed by atoms with van der Waals surface area (Å²) in [5.41, 5.74) is 0. The van der Waals surface area contributed by atoms with Gasteiger partial charge in [0.05, 0.1) is 6.07 Å². The molecular formula is C8H14NO+. The number of aromatic nitrogens is 1. The van der Waals surface area contributed by atoms with E-state index in [-0.39, 0.29) is 0 Å². The van der Waals surface area contributed by atoms with Crippen molar-refractivity contribution in [1.29, 1.82) is 0 Å². The first-order chi connectivity index (χ1) is 4.83. The molecule has 0 N–H and O–H groups in total. The molecule has 56 valence electrons. The minimum Gasteiger partial charge on any atom is -0.242 e. The fraction of sp³-hybridized carbons (Fsp3) is 0.625. The van der Waals surface area contributed by atoms with Crippen LogP contribution in [0.2, 0.25) is 0 Å². The molecule has 0 aliphatic carbocycles. The highest BCUT2D eigenvalue weighted by Crippen LogP contribution is 1.92. The Morgan fingerprint density at radius 1 is 1.60 bits per heavy atom. The monoisotopic (exact) mass is 140 g/mol. The summed E-state index contributed by atoms with van der Waals surface area (Å²) in [5.74, 6) is 0.983. The van der Waals surface area contributed by atoms with Crippen molar-refractivity contribution in [2.24, 2.45) is 0 Å². The number of aryl methyl sites for hydroxylation is 2. The lowest BCUT2D eigenvalue weighted by molar-refractivity contribution is -0.864. The number of nitrogens with zero attached hydrogens (tertiary/aromatic N) is 1. The van der Waals surface area contributed by atoms with Crippen LogP contribution in [0.5, 0.6) is 0 Å². The Morgan fingerprint density at radius 2 is 2.40 bits per heavy atom. The van der Waals surface area contributed by atoms with Gasteiger partial charge in [-0.25, -0.2) is 4.52 Å². The lowest BCUT2D eigenvalue weighted by Gasteiger charge is -1.84. The predicted octanol–water partition coefficient (Wildman–Crippen LogP) is 1.68. The SMILES string of the molecule is CCCC[n+]1ccc(C)o1. The van der Waals surface area contributed by atoms with E-state index in [4.69, 9.17) is 4.52 Å². The summed E-state index contributed by atoms with van der Waals surface area (Å²) in [6.45, 7) is 5.14. The molecule has 0 spiro atoms. The molecular weight excluding hydrogens is 126 g/mol. The van der Waals surface area contributed by atoms with Gasteiger partial charge in [0.1, 0.15) is 0 Å². The van der Waals surface area contributed by atoms with E-state index in [0.717, 1.165) is 12.3 Å². The zero-order valence-electron chi connectivity index (χ0n) is 6.63. The summed E-state index contributed by atoms with van der Waals surface area (Å²) in [4.78, 5) is 0. The zero-order valence-corrected chi connectivity index (χ0v) is 6.63. The van der Waals surface area contributed by atoms with Gasteiger partial charge in [-0.2, -0.15) is 0 Å². The normalized spacial score (nSPS) is 10.2. The third-order valence-corrected chi connectivity index (χ3v) is 1.47. The molecule has 0 saturated heterocycles. The Bertz CT molecular complexity index is 193. The molecule has 1 aromatic rings. The third kappa shape index (κ3) is 1.87. The van der Waals surface area contributed by atoms with Crippen molar-refractivity contribution in [1.82, 2.24) is 0 Å². The first-order valence-electron chi connectivity index (χ1n) is 3.79. The van der Waals surface area contributed by atoms with Gasteiger partial charge in [-0.3, -0.25) is 0 Å². The van der Waals surface area contributed by atoms with Crippen LogP contribution in [-0.2, 0) is 6.54 Å². The van der Waals surface area contributed by atoms with Crippen molar-refractivity contribution in [2.75, 3.05) is 0 Å². The summed E-state index contributed by atoms with van der Waals surface area (Å²) in [5, 5.41) is 0. The Labute approximate surface area is 61.4 Å². The van der Waals surface area contributed by atoms with Gasteiger partial charge in [0, 0.05) is 13.3 Å². The van der Waals surface area contributed by atoms with E-state index in [9.17, 15) is 0 Å². The second-order valence-electron chi connectivity index (χ2n) is 2.51. The Balaban J connectivity index is 2.42. The third-order valence-electron chi connectivity index (χ3n) is 1.47. The topological polar surface area (TPSA) is 17.0 Å². The number of unbranched alkanes of at least 4 members (excludes halogenated alkanes) is 1. The number of hydrogen-bond acceptors (Lipinski definition) is 1. The van der Waals surface area contributed by atoms with E-state index < -0.39 is 0 Å². The molecule has 0 atom stereocenters. The number of rotatable bonds is 3. The van der Waals surface area contributed by atoms with Crippen molar-refractivity contribution in [2.45, 2.75) is 33.2 Å². The zero-order chi connectivity index (χ0) is 7.40. The maximum absolute atomic E-state index is 5.30. The van der Waals surface area contributed by atoms with Crippen LogP contribution in [-0.4, -0.2) is 0 Å². The second-order valence-corrected chi connectivity index (χ2v) is 2.51. The van der Waals surface area contributed by atoms with Gasteiger partial charge >= 0.3 is 0 Å². The van der Waals surface area contributed by atoms with E-state index >= 15 is 0 Å². The largest absolute Gasteiger partial charge is 0.242 e. The van der Waals surface area contributed by atoms with Gasteiger partial charge < -0.3 is 0 Å². The van der Waals surface area contributed by atoms with E-state index in [1.807, 2.05) is 23.9 Å². The molecule has 0 unspecified atom stereocenters. The van der Waals surface area contributed by atoms with Crippen LogP contribution >= 0.6 is 0 Å². The van der Waals surface area contributed by atoms with Crippen LogP contribution in [0.25, 0.3) is 0 Å². The van der Waals surface area contributed by atoms with Gasteiger partial charge in [0.25, 0.3) is 0 Å². The average molecular weight is 140 g/mol. The van der Waals surface area contributed by atoms with Crippen LogP contribution < -0.4 is 4.74 Å². The Morgan fingerprint density at radius 3 is 2.90 bits per heavy atom. The maximum Gasteiger partial charge on any atom is 0.219 e. The van der Waals surface area contributed by atoms with Crippen LogP contribution in [0.1, 0.15) is 25.5 Å². The molecule has 0 radical (unpaired) electrons.